The van der Waals surface area contributed by atoms with Crippen molar-refractivity contribution in [3.8, 4) is 0 Å². The molecule has 0 aliphatic carbocycles. The minimum absolute atomic E-state index is 0.0304. The van der Waals surface area contributed by atoms with Crippen molar-refractivity contribution in [2.24, 2.45) is 22.2 Å². The average molecular weight is 282 g/mol. The molecule has 0 radical (unpaired) electrons. The Hall–Kier alpha value is -0.860. The zero-order valence-corrected chi connectivity index (χ0v) is 14.8. The van der Waals surface area contributed by atoms with E-state index >= 15 is 0 Å². The first kappa shape index (κ1) is 19.1. The predicted molar refractivity (Wildman–Crippen MR) is 87.2 cm³/mol. The van der Waals surface area contributed by atoms with Crippen molar-refractivity contribution in [3.05, 3.63) is 0 Å². The molecule has 3 heteroatoms. The maximum Gasteiger partial charge on any atom is 0.207 e. The van der Waals surface area contributed by atoms with Crippen molar-refractivity contribution in [1.29, 1.82) is 5.41 Å². The molecule has 0 saturated carbocycles. The zero-order valence-electron chi connectivity index (χ0n) is 14.8. The topological polar surface area (TPSA) is 53.0 Å². The number of hydrogen-bond donors (Lipinski definition) is 2. The van der Waals surface area contributed by atoms with Crippen LogP contribution in [-0.2, 0) is 4.79 Å². The SMILES string of the molecule is CC(C(=N)CC(C)(C)C)C(C)(C)C(NC=O)C(C)(C)C. The quantitative estimate of drug-likeness (QED) is 0.555. The first-order valence-electron chi connectivity index (χ1n) is 7.50. The van der Waals surface area contributed by atoms with Crippen LogP contribution < -0.4 is 5.32 Å². The maximum absolute atomic E-state index is 11.0. The van der Waals surface area contributed by atoms with Crippen LogP contribution in [0.15, 0.2) is 0 Å². The van der Waals surface area contributed by atoms with E-state index in [4.69, 9.17) is 5.41 Å². The molecular formula is C17H34N2O. The highest BCUT2D eigenvalue weighted by Gasteiger charge is 2.43. The Morgan fingerprint density at radius 2 is 1.55 bits per heavy atom. The van der Waals surface area contributed by atoms with E-state index < -0.39 is 0 Å². The highest BCUT2D eigenvalue weighted by atomic mass is 16.1. The van der Waals surface area contributed by atoms with Crippen molar-refractivity contribution in [1.82, 2.24) is 5.32 Å². The van der Waals surface area contributed by atoms with Crippen LogP contribution in [0.25, 0.3) is 0 Å². The predicted octanol–water partition coefficient (Wildman–Crippen LogP) is 4.27. The molecule has 0 spiro atoms. The summed E-state index contributed by atoms with van der Waals surface area (Å²) in [5.74, 6) is 0.124. The molecule has 0 aliphatic heterocycles. The Balaban J connectivity index is 5.26. The van der Waals surface area contributed by atoms with Gasteiger partial charge in [-0.25, -0.2) is 0 Å². The van der Waals surface area contributed by atoms with Gasteiger partial charge in [-0.2, -0.15) is 0 Å². The average Bonchev–Trinajstić information content (AvgIpc) is 2.20. The van der Waals surface area contributed by atoms with Gasteiger partial charge in [0.1, 0.15) is 0 Å². The fraction of sp³-hybridized carbons (Fsp3) is 0.882. The molecule has 1 amide bonds. The molecule has 20 heavy (non-hydrogen) atoms. The van der Waals surface area contributed by atoms with Gasteiger partial charge in [-0.05, 0) is 22.7 Å². The van der Waals surface area contributed by atoms with Gasteiger partial charge in [0.05, 0.1) is 0 Å². The molecule has 0 aromatic rings. The molecule has 0 fully saturated rings. The molecule has 0 saturated heterocycles. The molecule has 0 aromatic heterocycles. The second-order valence-electron chi connectivity index (χ2n) is 8.89. The normalized spacial score (nSPS) is 16.4. The van der Waals surface area contributed by atoms with Crippen LogP contribution >= 0.6 is 0 Å². The van der Waals surface area contributed by atoms with Gasteiger partial charge < -0.3 is 10.7 Å². The lowest BCUT2D eigenvalue weighted by atomic mass is 9.63. The van der Waals surface area contributed by atoms with Gasteiger partial charge in [-0.15, -0.1) is 0 Å². The fourth-order valence-corrected chi connectivity index (χ4v) is 3.07. The van der Waals surface area contributed by atoms with Crippen LogP contribution in [0.4, 0.5) is 0 Å². The minimum atomic E-state index is -0.165. The summed E-state index contributed by atoms with van der Waals surface area (Å²) in [4.78, 5) is 11.0. The number of hydrogen-bond acceptors (Lipinski definition) is 2. The van der Waals surface area contributed by atoms with E-state index in [1.165, 1.54) is 0 Å². The van der Waals surface area contributed by atoms with Crippen molar-refractivity contribution < 1.29 is 4.79 Å². The first-order valence-corrected chi connectivity index (χ1v) is 7.50. The summed E-state index contributed by atoms with van der Waals surface area (Å²) in [6.07, 6.45) is 1.58. The van der Waals surface area contributed by atoms with E-state index in [0.717, 1.165) is 18.5 Å². The summed E-state index contributed by atoms with van der Waals surface area (Å²) < 4.78 is 0. The van der Waals surface area contributed by atoms with E-state index in [0.29, 0.717) is 0 Å². The van der Waals surface area contributed by atoms with Gasteiger partial charge in [0.25, 0.3) is 0 Å². The first-order chi connectivity index (χ1) is 8.73. The summed E-state index contributed by atoms with van der Waals surface area (Å²) in [6.45, 7) is 19.3. The Morgan fingerprint density at radius 3 is 1.85 bits per heavy atom. The van der Waals surface area contributed by atoms with Crippen LogP contribution in [0.2, 0.25) is 0 Å². The van der Waals surface area contributed by atoms with Crippen molar-refractivity contribution in [3.63, 3.8) is 0 Å². The van der Waals surface area contributed by atoms with Crippen LogP contribution in [-0.4, -0.2) is 18.2 Å². The third kappa shape index (κ3) is 5.26. The molecular weight excluding hydrogens is 248 g/mol. The second-order valence-corrected chi connectivity index (χ2v) is 8.89. The monoisotopic (exact) mass is 282 g/mol. The van der Waals surface area contributed by atoms with Crippen molar-refractivity contribution in [2.45, 2.75) is 74.8 Å². The Kier molecular flexibility index (Phi) is 6.01. The Morgan fingerprint density at radius 1 is 1.10 bits per heavy atom. The maximum atomic E-state index is 11.0. The zero-order chi connectivity index (χ0) is 16.4. The smallest absolute Gasteiger partial charge is 0.207 e. The number of rotatable bonds is 6. The largest absolute Gasteiger partial charge is 0.355 e. The molecule has 0 aliphatic rings. The molecule has 2 atom stereocenters. The number of amides is 1. The number of carbonyl (C=O) groups excluding carboxylic acids is 1. The van der Waals surface area contributed by atoms with Crippen LogP contribution in [0.5, 0.6) is 0 Å². The lowest BCUT2D eigenvalue weighted by Gasteiger charge is -2.46. The molecule has 3 nitrogen and oxygen atoms in total. The van der Waals surface area contributed by atoms with Gasteiger partial charge in [0.2, 0.25) is 6.41 Å². The summed E-state index contributed by atoms with van der Waals surface area (Å²) in [7, 11) is 0. The summed E-state index contributed by atoms with van der Waals surface area (Å²) in [5.41, 5.74) is 0.684. The standard InChI is InChI=1S/C17H34N2O/c1-12(13(18)10-15(2,3)4)17(8,9)14(19-11-20)16(5,6)7/h11-12,14,18H,10H2,1-9H3,(H,19,20). The molecule has 0 rings (SSSR count). The van der Waals surface area contributed by atoms with E-state index in [9.17, 15) is 4.79 Å². The Bertz CT molecular complexity index is 345. The van der Waals surface area contributed by atoms with Crippen LogP contribution in [0, 0.1) is 27.6 Å². The molecule has 2 N–H and O–H groups in total. The van der Waals surface area contributed by atoms with E-state index in [-0.39, 0.29) is 28.2 Å². The third-order valence-electron chi connectivity index (χ3n) is 4.20. The van der Waals surface area contributed by atoms with E-state index in [1.54, 1.807) is 0 Å². The lowest BCUT2D eigenvalue weighted by Crippen LogP contribution is -2.54. The van der Waals surface area contributed by atoms with Gasteiger partial charge in [-0.1, -0.05) is 62.3 Å². The summed E-state index contributed by atoms with van der Waals surface area (Å²) in [6, 6.07) is 0.0304. The number of carbonyl (C=O) groups is 1. The third-order valence-corrected chi connectivity index (χ3v) is 4.20. The van der Waals surface area contributed by atoms with E-state index in [1.807, 2.05) is 0 Å². The van der Waals surface area contributed by atoms with Gasteiger partial charge in [-0.3, -0.25) is 4.79 Å². The number of nitrogens with one attached hydrogen (secondary N) is 2. The van der Waals surface area contributed by atoms with Crippen molar-refractivity contribution in [2.75, 3.05) is 0 Å². The van der Waals surface area contributed by atoms with Crippen LogP contribution in [0.3, 0.4) is 0 Å². The fourth-order valence-electron chi connectivity index (χ4n) is 3.07. The highest BCUT2D eigenvalue weighted by molar-refractivity contribution is 5.84. The molecule has 0 aromatic carbocycles. The second kappa shape index (κ2) is 6.28. The molecule has 0 bridgehead atoms. The lowest BCUT2D eigenvalue weighted by molar-refractivity contribution is -0.112. The molecule has 118 valence electrons. The van der Waals surface area contributed by atoms with Crippen molar-refractivity contribution >= 4 is 12.1 Å². The van der Waals surface area contributed by atoms with E-state index in [2.05, 4.69) is 67.6 Å². The molecule has 2 unspecified atom stereocenters. The Labute approximate surface area is 125 Å². The van der Waals surface area contributed by atoms with Gasteiger partial charge >= 0.3 is 0 Å². The summed E-state index contributed by atoms with van der Waals surface area (Å²) >= 11 is 0. The summed E-state index contributed by atoms with van der Waals surface area (Å²) in [5, 5.41) is 11.4. The highest BCUT2D eigenvalue weighted by Crippen LogP contribution is 2.41. The minimum Gasteiger partial charge on any atom is -0.355 e. The molecule has 0 heterocycles. The van der Waals surface area contributed by atoms with Gasteiger partial charge in [0.15, 0.2) is 0 Å². The van der Waals surface area contributed by atoms with Gasteiger partial charge in [0, 0.05) is 17.7 Å². The van der Waals surface area contributed by atoms with Crippen LogP contribution in [0.1, 0.15) is 68.7 Å².